The summed E-state index contributed by atoms with van der Waals surface area (Å²) in [5, 5.41) is 22.3. The van der Waals surface area contributed by atoms with Crippen molar-refractivity contribution < 1.29 is 14.6 Å². The van der Waals surface area contributed by atoms with Crippen LogP contribution in [0, 0.1) is 17.2 Å². The Morgan fingerprint density at radius 1 is 1.43 bits per heavy atom. The number of carbonyl (C=O) groups is 1. The molecule has 6 heteroatoms. The van der Waals surface area contributed by atoms with Crippen molar-refractivity contribution in [3.05, 3.63) is 35.9 Å². The molecule has 2 aromatic rings. The summed E-state index contributed by atoms with van der Waals surface area (Å²) in [5.41, 5.74) is 1.15. The van der Waals surface area contributed by atoms with Crippen molar-refractivity contribution >= 4 is 22.7 Å². The van der Waals surface area contributed by atoms with E-state index in [2.05, 4.69) is 16.4 Å². The van der Waals surface area contributed by atoms with Crippen LogP contribution >= 0.6 is 0 Å². The normalized spacial score (nSPS) is 21.1. The fourth-order valence-corrected chi connectivity index (χ4v) is 2.43. The van der Waals surface area contributed by atoms with Crippen LogP contribution in [0.25, 0.3) is 10.9 Å². The summed E-state index contributed by atoms with van der Waals surface area (Å²) >= 11 is 0. The molecule has 1 saturated heterocycles. The third-order valence-electron chi connectivity index (χ3n) is 3.56. The van der Waals surface area contributed by atoms with E-state index in [1.54, 1.807) is 6.07 Å². The number of pyridine rings is 1. The second kappa shape index (κ2) is 5.38. The van der Waals surface area contributed by atoms with Gasteiger partial charge in [0.05, 0.1) is 30.3 Å². The van der Waals surface area contributed by atoms with Gasteiger partial charge in [0.25, 0.3) is 0 Å². The molecule has 1 aromatic heterocycles. The number of fused-ring (bicyclic) bond motifs is 1. The zero-order valence-electron chi connectivity index (χ0n) is 11.1. The second-order valence-corrected chi connectivity index (χ2v) is 4.92. The smallest absolute Gasteiger partial charge is 0.311 e. The largest absolute Gasteiger partial charge is 0.481 e. The van der Waals surface area contributed by atoms with Crippen molar-refractivity contribution in [3.8, 4) is 6.07 Å². The number of anilines is 1. The van der Waals surface area contributed by atoms with Gasteiger partial charge in [-0.1, -0.05) is 18.2 Å². The topological polar surface area (TPSA) is 95.2 Å². The summed E-state index contributed by atoms with van der Waals surface area (Å²) in [7, 11) is 0. The van der Waals surface area contributed by atoms with Gasteiger partial charge >= 0.3 is 5.97 Å². The Morgan fingerprint density at radius 2 is 2.24 bits per heavy atom. The SMILES string of the molecule is N#Cc1cc2ccccc2nc1NC1COCC1C(=O)O. The Morgan fingerprint density at radius 3 is 3.00 bits per heavy atom. The van der Waals surface area contributed by atoms with Crippen LogP contribution in [-0.4, -0.2) is 35.3 Å². The predicted molar refractivity (Wildman–Crippen MR) is 75.8 cm³/mol. The molecule has 3 rings (SSSR count). The number of hydrogen-bond donors (Lipinski definition) is 2. The number of nitrogens with one attached hydrogen (secondary N) is 1. The Balaban J connectivity index is 1.96. The lowest BCUT2D eigenvalue weighted by Crippen LogP contribution is -2.33. The highest BCUT2D eigenvalue weighted by molar-refractivity contribution is 5.83. The maximum absolute atomic E-state index is 11.2. The second-order valence-electron chi connectivity index (χ2n) is 4.92. The lowest BCUT2D eigenvalue weighted by atomic mass is 10.0. The summed E-state index contributed by atoms with van der Waals surface area (Å²) in [6.07, 6.45) is 0. The van der Waals surface area contributed by atoms with Gasteiger partial charge in [0.2, 0.25) is 0 Å². The Hall–Kier alpha value is -2.65. The Kier molecular flexibility index (Phi) is 3.42. The molecule has 0 saturated carbocycles. The molecule has 0 radical (unpaired) electrons. The number of para-hydroxylation sites is 1. The number of rotatable bonds is 3. The first-order valence-electron chi connectivity index (χ1n) is 6.56. The molecule has 0 spiro atoms. The van der Waals surface area contributed by atoms with Gasteiger partial charge in [0.1, 0.15) is 17.8 Å². The third kappa shape index (κ3) is 2.51. The van der Waals surface area contributed by atoms with Crippen molar-refractivity contribution in [1.82, 2.24) is 4.98 Å². The lowest BCUT2D eigenvalue weighted by molar-refractivity contribution is -0.141. The Labute approximate surface area is 121 Å². The highest BCUT2D eigenvalue weighted by Crippen LogP contribution is 2.23. The average Bonchev–Trinajstić information content (AvgIpc) is 2.95. The van der Waals surface area contributed by atoms with E-state index in [0.717, 1.165) is 10.9 Å². The van der Waals surface area contributed by atoms with Crippen LogP contribution in [0.1, 0.15) is 5.56 Å². The van der Waals surface area contributed by atoms with E-state index in [-0.39, 0.29) is 19.3 Å². The van der Waals surface area contributed by atoms with E-state index in [4.69, 9.17) is 9.84 Å². The number of ether oxygens (including phenoxy) is 1. The van der Waals surface area contributed by atoms with E-state index >= 15 is 0 Å². The minimum absolute atomic E-state index is 0.169. The summed E-state index contributed by atoms with van der Waals surface area (Å²) in [5.74, 6) is -1.15. The third-order valence-corrected chi connectivity index (χ3v) is 3.56. The molecule has 2 N–H and O–H groups in total. The molecule has 2 atom stereocenters. The van der Waals surface area contributed by atoms with Crippen molar-refractivity contribution in [3.63, 3.8) is 0 Å². The molecule has 2 heterocycles. The zero-order chi connectivity index (χ0) is 14.8. The van der Waals surface area contributed by atoms with Crippen LogP contribution in [0.2, 0.25) is 0 Å². The number of benzene rings is 1. The Bertz CT molecular complexity index is 739. The van der Waals surface area contributed by atoms with Crippen LogP contribution in [0.5, 0.6) is 0 Å². The molecule has 21 heavy (non-hydrogen) atoms. The van der Waals surface area contributed by atoms with Gasteiger partial charge in [-0.3, -0.25) is 4.79 Å². The molecule has 0 amide bonds. The highest BCUT2D eigenvalue weighted by Gasteiger charge is 2.34. The molecular formula is C15H13N3O3. The fourth-order valence-electron chi connectivity index (χ4n) is 2.43. The van der Waals surface area contributed by atoms with E-state index in [9.17, 15) is 10.1 Å². The van der Waals surface area contributed by atoms with Crippen LogP contribution in [0.3, 0.4) is 0 Å². The van der Waals surface area contributed by atoms with Gasteiger partial charge in [-0.2, -0.15) is 5.26 Å². The van der Waals surface area contributed by atoms with Gasteiger partial charge < -0.3 is 15.2 Å². The molecule has 106 valence electrons. The molecule has 0 aliphatic carbocycles. The summed E-state index contributed by atoms with van der Waals surface area (Å²) in [6, 6.07) is 10.9. The van der Waals surface area contributed by atoms with Gasteiger partial charge in [0.15, 0.2) is 0 Å². The van der Waals surface area contributed by atoms with Crippen LogP contribution in [0.15, 0.2) is 30.3 Å². The van der Waals surface area contributed by atoms with Crippen molar-refractivity contribution in [2.24, 2.45) is 5.92 Å². The van der Waals surface area contributed by atoms with Gasteiger partial charge in [-0.05, 0) is 12.1 Å². The van der Waals surface area contributed by atoms with E-state index < -0.39 is 11.9 Å². The number of nitrogens with zero attached hydrogens (tertiary/aromatic N) is 2. The van der Waals surface area contributed by atoms with Gasteiger partial charge in [-0.15, -0.1) is 0 Å². The minimum atomic E-state index is -0.913. The number of carboxylic acids is 1. The summed E-state index contributed by atoms with van der Waals surface area (Å²) in [6.45, 7) is 0.457. The number of aliphatic carboxylic acids is 1. The number of nitriles is 1. The quantitative estimate of drug-likeness (QED) is 0.888. The fraction of sp³-hybridized carbons (Fsp3) is 0.267. The van der Waals surface area contributed by atoms with Crippen molar-refractivity contribution in [1.29, 1.82) is 5.26 Å². The van der Waals surface area contributed by atoms with E-state index in [0.29, 0.717) is 11.4 Å². The lowest BCUT2D eigenvalue weighted by Gasteiger charge is -2.17. The molecular weight excluding hydrogens is 270 g/mol. The molecule has 1 aliphatic heterocycles. The molecule has 1 fully saturated rings. The number of hydrogen-bond acceptors (Lipinski definition) is 5. The average molecular weight is 283 g/mol. The summed E-state index contributed by atoms with van der Waals surface area (Å²) in [4.78, 5) is 15.6. The van der Waals surface area contributed by atoms with Crippen molar-refractivity contribution in [2.75, 3.05) is 18.5 Å². The van der Waals surface area contributed by atoms with E-state index in [1.165, 1.54) is 0 Å². The van der Waals surface area contributed by atoms with Gasteiger partial charge in [0, 0.05) is 5.39 Å². The molecule has 1 aliphatic rings. The van der Waals surface area contributed by atoms with Crippen LogP contribution in [0.4, 0.5) is 5.82 Å². The minimum Gasteiger partial charge on any atom is -0.481 e. The zero-order valence-corrected chi connectivity index (χ0v) is 11.1. The van der Waals surface area contributed by atoms with E-state index in [1.807, 2.05) is 24.3 Å². The number of aromatic nitrogens is 1. The highest BCUT2D eigenvalue weighted by atomic mass is 16.5. The van der Waals surface area contributed by atoms with Crippen LogP contribution in [-0.2, 0) is 9.53 Å². The number of carboxylic acid groups (broad SMARTS) is 1. The standard InChI is InChI=1S/C15H13N3O3/c16-6-10-5-9-3-1-2-4-12(9)17-14(10)18-13-8-21-7-11(13)15(19)20/h1-5,11,13H,7-8H2,(H,17,18)(H,19,20). The van der Waals surface area contributed by atoms with Crippen molar-refractivity contribution in [2.45, 2.75) is 6.04 Å². The van der Waals surface area contributed by atoms with Crippen LogP contribution < -0.4 is 5.32 Å². The van der Waals surface area contributed by atoms with Gasteiger partial charge in [-0.25, -0.2) is 4.98 Å². The first kappa shape index (κ1) is 13.3. The maximum Gasteiger partial charge on any atom is 0.311 e. The first-order valence-corrected chi connectivity index (χ1v) is 6.56. The maximum atomic E-state index is 11.2. The molecule has 6 nitrogen and oxygen atoms in total. The predicted octanol–water partition coefficient (Wildman–Crippen LogP) is 1.62. The molecule has 2 unspecified atom stereocenters. The molecule has 1 aromatic carbocycles. The summed E-state index contributed by atoms with van der Waals surface area (Å²) < 4.78 is 5.21. The molecule has 0 bridgehead atoms. The first-order chi connectivity index (χ1) is 10.2. The monoisotopic (exact) mass is 283 g/mol.